The zero-order valence-corrected chi connectivity index (χ0v) is 14.6. The fraction of sp³-hybridized carbons (Fsp3) is 0.294. The molecular weight excluding hydrogens is 377 g/mol. The number of morpholine rings is 1. The molecule has 1 amide bonds. The first kappa shape index (κ1) is 19.5. The average Bonchev–Trinajstić information content (AvgIpc) is 3.12. The number of nitrogens with zero attached hydrogens (tertiary/aromatic N) is 5. The van der Waals surface area contributed by atoms with Crippen molar-refractivity contribution in [2.45, 2.75) is 6.18 Å². The number of halogens is 3. The molecule has 3 aromatic heterocycles. The number of nitrogens with two attached hydrogens (primary N) is 1. The first-order chi connectivity index (χ1) is 13.4. The Hall–Kier alpha value is -3.21. The maximum Gasteiger partial charge on any atom is 0.417 e. The molecule has 0 aromatic carbocycles. The zero-order valence-electron chi connectivity index (χ0n) is 14.6. The van der Waals surface area contributed by atoms with Crippen molar-refractivity contribution in [1.82, 2.24) is 19.4 Å². The van der Waals surface area contributed by atoms with Gasteiger partial charge in [0.1, 0.15) is 17.2 Å². The van der Waals surface area contributed by atoms with Gasteiger partial charge in [-0.15, -0.1) is 0 Å². The van der Waals surface area contributed by atoms with E-state index in [9.17, 15) is 13.2 Å². The number of alkyl halides is 3. The second-order valence-electron chi connectivity index (χ2n) is 5.76. The second-order valence-corrected chi connectivity index (χ2v) is 5.76. The Balaban J connectivity index is 0.000000706. The SMILES string of the molecule is FC(F)(F)c1ccc2ncc(-c3nccc(N4CCOCC4)n3)n2c1.NC=O. The van der Waals surface area contributed by atoms with Crippen LogP contribution in [0.3, 0.4) is 0 Å². The first-order valence-corrected chi connectivity index (χ1v) is 8.30. The fourth-order valence-corrected chi connectivity index (χ4v) is 2.75. The lowest BCUT2D eigenvalue weighted by Crippen LogP contribution is -2.36. The number of rotatable bonds is 2. The van der Waals surface area contributed by atoms with Crippen LogP contribution in [0.15, 0.2) is 36.8 Å². The third-order valence-electron chi connectivity index (χ3n) is 4.04. The molecule has 0 aliphatic carbocycles. The van der Waals surface area contributed by atoms with Crippen molar-refractivity contribution in [2.75, 3.05) is 31.2 Å². The highest BCUT2D eigenvalue weighted by atomic mass is 19.4. The number of primary amides is 1. The Labute approximate surface area is 157 Å². The van der Waals surface area contributed by atoms with Crippen molar-refractivity contribution >= 4 is 17.9 Å². The van der Waals surface area contributed by atoms with Gasteiger partial charge in [0.15, 0.2) is 5.82 Å². The molecule has 0 bridgehead atoms. The van der Waals surface area contributed by atoms with E-state index < -0.39 is 11.7 Å². The number of hydrogen-bond donors (Lipinski definition) is 1. The largest absolute Gasteiger partial charge is 0.417 e. The van der Waals surface area contributed by atoms with Gasteiger partial charge in [-0.3, -0.25) is 9.20 Å². The summed E-state index contributed by atoms with van der Waals surface area (Å²) in [5, 5.41) is 0. The molecule has 28 heavy (non-hydrogen) atoms. The van der Waals surface area contributed by atoms with Crippen LogP contribution >= 0.6 is 0 Å². The first-order valence-electron chi connectivity index (χ1n) is 8.30. The lowest BCUT2D eigenvalue weighted by molar-refractivity contribution is -0.137. The number of aromatic nitrogens is 4. The van der Waals surface area contributed by atoms with Crippen LogP contribution in [0, 0.1) is 0 Å². The summed E-state index contributed by atoms with van der Waals surface area (Å²) in [5.74, 6) is 1.05. The Kier molecular flexibility index (Phi) is 5.73. The van der Waals surface area contributed by atoms with E-state index >= 15 is 0 Å². The molecule has 4 heterocycles. The summed E-state index contributed by atoms with van der Waals surface area (Å²) in [6, 6.07) is 4.12. The van der Waals surface area contributed by atoms with E-state index in [-0.39, 0.29) is 6.41 Å². The maximum atomic E-state index is 13.0. The van der Waals surface area contributed by atoms with Gasteiger partial charge < -0.3 is 15.4 Å². The van der Waals surface area contributed by atoms with Gasteiger partial charge in [0.05, 0.1) is 25.0 Å². The van der Waals surface area contributed by atoms with Crippen LogP contribution in [0.2, 0.25) is 0 Å². The van der Waals surface area contributed by atoms with Crippen molar-refractivity contribution in [3.05, 3.63) is 42.4 Å². The van der Waals surface area contributed by atoms with Crippen molar-refractivity contribution in [2.24, 2.45) is 5.73 Å². The number of ether oxygens (including phenoxy) is 1. The zero-order chi connectivity index (χ0) is 20.1. The molecule has 3 aromatic rings. The molecule has 0 unspecified atom stereocenters. The van der Waals surface area contributed by atoms with Crippen LogP contribution < -0.4 is 10.6 Å². The number of fused-ring (bicyclic) bond motifs is 1. The van der Waals surface area contributed by atoms with Crippen LogP contribution in [0.25, 0.3) is 17.2 Å². The predicted molar refractivity (Wildman–Crippen MR) is 94.5 cm³/mol. The molecule has 4 rings (SSSR count). The second kappa shape index (κ2) is 8.21. The topological polar surface area (TPSA) is 98.6 Å². The van der Waals surface area contributed by atoms with Gasteiger partial charge in [0.25, 0.3) is 0 Å². The third-order valence-corrected chi connectivity index (χ3v) is 4.04. The molecular formula is C17H17F3N6O2. The molecule has 148 valence electrons. The molecule has 1 fully saturated rings. The van der Waals surface area contributed by atoms with E-state index in [1.807, 2.05) is 0 Å². The molecule has 0 spiro atoms. The Morgan fingerprint density at radius 2 is 1.86 bits per heavy atom. The minimum Gasteiger partial charge on any atom is -0.378 e. The number of amides is 1. The van der Waals surface area contributed by atoms with Gasteiger partial charge in [-0.05, 0) is 18.2 Å². The van der Waals surface area contributed by atoms with Crippen molar-refractivity contribution in [3.63, 3.8) is 0 Å². The molecule has 8 nitrogen and oxygen atoms in total. The van der Waals surface area contributed by atoms with Crippen molar-refractivity contribution < 1.29 is 22.7 Å². The molecule has 1 aliphatic heterocycles. The van der Waals surface area contributed by atoms with Gasteiger partial charge in [-0.25, -0.2) is 15.0 Å². The number of carbonyl (C=O) groups excluding carboxylic acids is 1. The van der Waals surface area contributed by atoms with Crippen LogP contribution in [0.1, 0.15) is 5.56 Å². The minimum absolute atomic E-state index is 0.250. The van der Waals surface area contributed by atoms with Crippen LogP contribution in [0.5, 0.6) is 0 Å². The molecule has 1 saturated heterocycles. The normalized spacial score (nSPS) is 14.5. The van der Waals surface area contributed by atoms with Crippen LogP contribution in [-0.4, -0.2) is 52.1 Å². The highest BCUT2D eigenvalue weighted by molar-refractivity contribution is 5.59. The molecule has 0 radical (unpaired) electrons. The summed E-state index contributed by atoms with van der Waals surface area (Å²) in [6.07, 6.45) is -0.0806. The third kappa shape index (κ3) is 4.19. The number of imidazole rings is 1. The van der Waals surface area contributed by atoms with Crippen LogP contribution in [-0.2, 0) is 15.7 Å². The Bertz CT molecular complexity index is 953. The monoisotopic (exact) mass is 394 g/mol. The quantitative estimate of drug-likeness (QED) is 0.665. The lowest BCUT2D eigenvalue weighted by Gasteiger charge is -2.27. The number of anilines is 1. The van der Waals surface area contributed by atoms with Gasteiger partial charge in [0.2, 0.25) is 6.41 Å². The summed E-state index contributed by atoms with van der Waals surface area (Å²) < 4.78 is 45.6. The summed E-state index contributed by atoms with van der Waals surface area (Å²) in [4.78, 5) is 23.5. The summed E-state index contributed by atoms with van der Waals surface area (Å²) in [7, 11) is 0. The number of pyridine rings is 1. The number of carbonyl (C=O) groups is 1. The van der Waals surface area contributed by atoms with Gasteiger partial charge in [-0.2, -0.15) is 13.2 Å². The molecule has 2 N–H and O–H groups in total. The highest BCUT2D eigenvalue weighted by Gasteiger charge is 2.31. The lowest BCUT2D eigenvalue weighted by atomic mass is 10.2. The summed E-state index contributed by atoms with van der Waals surface area (Å²) in [5.41, 5.74) is 4.24. The van der Waals surface area contributed by atoms with Gasteiger partial charge in [0, 0.05) is 25.5 Å². The van der Waals surface area contributed by atoms with E-state index in [0.717, 1.165) is 18.1 Å². The molecule has 0 saturated carbocycles. The smallest absolute Gasteiger partial charge is 0.378 e. The van der Waals surface area contributed by atoms with Crippen LogP contribution in [0.4, 0.5) is 19.0 Å². The predicted octanol–water partition coefficient (Wildman–Crippen LogP) is 1.75. The van der Waals surface area contributed by atoms with Crippen molar-refractivity contribution in [3.8, 4) is 11.5 Å². The Morgan fingerprint density at radius 3 is 2.54 bits per heavy atom. The molecule has 11 heteroatoms. The maximum absolute atomic E-state index is 13.0. The standard InChI is InChI=1S/C16H14F3N5O.CH3NO/c17-16(18,19)11-1-2-13-21-9-12(24(13)10-11)15-20-4-3-14(22-15)23-5-7-25-8-6-23;2-1-3/h1-4,9-10H,5-8H2;1H,(H2,2,3). The van der Waals surface area contributed by atoms with E-state index in [0.29, 0.717) is 43.5 Å². The van der Waals surface area contributed by atoms with Crippen molar-refractivity contribution in [1.29, 1.82) is 0 Å². The minimum atomic E-state index is -4.42. The number of hydrogen-bond acceptors (Lipinski definition) is 6. The molecule has 0 atom stereocenters. The van der Waals surface area contributed by atoms with E-state index in [4.69, 9.17) is 9.53 Å². The highest BCUT2D eigenvalue weighted by Crippen LogP contribution is 2.30. The van der Waals surface area contributed by atoms with E-state index in [1.54, 1.807) is 12.3 Å². The van der Waals surface area contributed by atoms with Gasteiger partial charge >= 0.3 is 6.18 Å². The Morgan fingerprint density at radius 1 is 1.14 bits per heavy atom. The van der Waals surface area contributed by atoms with Gasteiger partial charge in [-0.1, -0.05) is 0 Å². The summed E-state index contributed by atoms with van der Waals surface area (Å²) >= 11 is 0. The fourth-order valence-electron chi connectivity index (χ4n) is 2.75. The van der Waals surface area contributed by atoms with E-state index in [2.05, 4.69) is 25.6 Å². The molecule has 1 aliphatic rings. The average molecular weight is 394 g/mol. The van der Waals surface area contributed by atoms with E-state index in [1.165, 1.54) is 16.7 Å². The summed E-state index contributed by atoms with van der Waals surface area (Å²) in [6.45, 7) is 2.65.